The van der Waals surface area contributed by atoms with Crippen molar-refractivity contribution in [1.82, 2.24) is 10.6 Å². The Kier molecular flexibility index (Phi) is 8.97. The van der Waals surface area contributed by atoms with Crippen LogP contribution in [0.3, 0.4) is 0 Å². The summed E-state index contributed by atoms with van der Waals surface area (Å²) in [5.74, 6) is 0. The first kappa shape index (κ1) is 23.8. The van der Waals surface area contributed by atoms with Gasteiger partial charge in [0, 0.05) is 26.2 Å². The van der Waals surface area contributed by atoms with Crippen LogP contribution < -0.4 is 10.6 Å². The molecule has 1 rings (SSSR count). The molecule has 0 saturated carbocycles. The van der Waals surface area contributed by atoms with Crippen LogP contribution in [0.2, 0.25) is 0 Å². The van der Waals surface area contributed by atoms with Crippen molar-refractivity contribution >= 4 is 0 Å². The molecular formula is C20H42N2O4. The Morgan fingerprint density at radius 2 is 0.615 bits per heavy atom. The molecule has 0 aromatic rings. The maximum absolute atomic E-state index is 6.10. The number of nitrogens with one attached hydrogen (secondary N) is 2. The van der Waals surface area contributed by atoms with Crippen LogP contribution in [0, 0.1) is 0 Å². The Balaban J connectivity index is 2.63. The summed E-state index contributed by atoms with van der Waals surface area (Å²) in [7, 11) is 0. The smallest absolute Gasteiger partial charge is 0.0910 e. The maximum atomic E-state index is 6.10. The predicted octanol–water partition coefficient (Wildman–Crippen LogP) is 2.36. The first-order valence-electron chi connectivity index (χ1n) is 9.89. The van der Waals surface area contributed by atoms with E-state index in [0.717, 1.165) is 26.2 Å². The minimum Gasteiger partial charge on any atom is -0.371 e. The molecule has 1 saturated heterocycles. The topological polar surface area (TPSA) is 61.0 Å². The fourth-order valence-corrected chi connectivity index (χ4v) is 2.46. The third kappa shape index (κ3) is 7.06. The molecule has 0 aromatic heterocycles. The molecule has 1 aliphatic heterocycles. The molecule has 1 heterocycles. The van der Waals surface area contributed by atoms with E-state index < -0.39 is 0 Å². The number of ether oxygens (including phenoxy) is 4. The largest absolute Gasteiger partial charge is 0.371 e. The highest BCUT2D eigenvalue weighted by Gasteiger charge is 2.40. The van der Waals surface area contributed by atoms with Gasteiger partial charge >= 0.3 is 0 Å². The van der Waals surface area contributed by atoms with Gasteiger partial charge in [-0.05, 0) is 55.4 Å². The molecule has 0 bridgehead atoms. The van der Waals surface area contributed by atoms with Gasteiger partial charge in [-0.25, -0.2) is 0 Å². The van der Waals surface area contributed by atoms with E-state index in [1.54, 1.807) is 0 Å². The van der Waals surface area contributed by atoms with Crippen molar-refractivity contribution in [2.45, 2.75) is 77.8 Å². The molecule has 6 nitrogen and oxygen atoms in total. The third-order valence-electron chi connectivity index (χ3n) is 5.87. The van der Waals surface area contributed by atoms with Crippen LogP contribution in [-0.2, 0) is 18.9 Å². The van der Waals surface area contributed by atoms with Crippen molar-refractivity contribution in [2.75, 3.05) is 52.6 Å². The van der Waals surface area contributed by atoms with Gasteiger partial charge in [0.2, 0.25) is 0 Å². The molecule has 2 N–H and O–H groups in total. The maximum Gasteiger partial charge on any atom is 0.0910 e. The molecule has 0 spiro atoms. The van der Waals surface area contributed by atoms with E-state index in [0.29, 0.717) is 26.4 Å². The second-order valence-electron chi connectivity index (χ2n) is 8.94. The molecular weight excluding hydrogens is 332 g/mol. The van der Waals surface area contributed by atoms with Gasteiger partial charge in [-0.15, -0.1) is 0 Å². The fraction of sp³-hybridized carbons (Fsp3) is 1.00. The summed E-state index contributed by atoms with van der Waals surface area (Å²) in [6.07, 6.45) is 0. The Hall–Kier alpha value is -0.240. The molecule has 0 radical (unpaired) electrons. The second-order valence-corrected chi connectivity index (χ2v) is 8.94. The molecule has 26 heavy (non-hydrogen) atoms. The van der Waals surface area contributed by atoms with Crippen molar-refractivity contribution in [3.8, 4) is 0 Å². The minimum atomic E-state index is -0.369. The lowest BCUT2D eigenvalue weighted by molar-refractivity contribution is -0.179. The van der Waals surface area contributed by atoms with E-state index in [2.05, 4.69) is 66.0 Å². The predicted molar refractivity (Wildman–Crippen MR) is 106 cm³/mol. The molecule has 0 amide bonds. The summed E-state index contributed by atoms with van der Waals surface area (Å²) in [4.78, 5) is 0. The molecule has 156 valence electrons. The van der Waals surface area contributed by atoms with E-state index in [1.807, 2.05) is 0 Å². The van der Waals surface area contributed by atoms with Gasteiger partial charge in [-0.1, -0.05) is 0 Å². The van der Waals surface area contributed by atoms with E-state index in [4.69, 9.17) is 18.9 Å². The van der Waals surface area contributed by atoms with Gasteiger partial charge < -0.3 is 29.6 Å². The van der Waals surface area contributed by atoms with Crippen molar-refractivity contribution in [3.05, 3.63) is 0 Å². The van der Waals surface area contributed by atoms with Crippen LogP contribution >= 0.6 is 0 Å². The lowest BCUT2D eigenvalue weighted by atomic mass is 9.89. The Bertz CT molecular complexity index is 335. The highest BCUT2D eigenvalue weighted by molar-refractivity contribution is 4.91. The molecule has 0 aliphatic carbocycles. The van der Waals surface area contributed by atoms with Crippen LogP contribution in [0.15, 0.2) is 0 Å². The van der Waals surface area contributed by atoms with Gasteiger partial charge in [0.1, 0.15) is 0 Å². The van der Waals surface area contributed by atoms with Crippen LogP contribution in [0.4, 0.5) is 0 Å². The van der Waals surface area contributed by atoms with E-state index in [-0.39, 0.29) is 22.4 Å². The number of hydrogen-bond donors (Lipinski definition) is 2. The average Bonchev–Trinajstić information content (AvgIpc) is 2.51. The van der Waals surface area contributed by atoms with E-state index in [9.17, 15) is 0 Å². The number of hydrogen-bond acceptors (Lipinski definition) is 6. The second kappa shape index (κ2) is 9.80. The van der Waals surface area contributed by atoms with Crippen LogP contribution in [0.1, 0.15) is 55.4 Å². The van der Waals surface area contributed by atoms with Crippen LogP contribution in [0.25, 0.3) is 0 Å². The third-order valence-corrected chi connectivity index (χ3v) is 5.87. The van der Waals surface area contributed by atoms with Gasteiger partial charge in [-0.2, -0.15) is 0 Å². The average molecular weight is 375 g/mol. The zero-order chi connectivity index (χ0) is 19.9. The summed E-state index contributed by atoms with van der Waals surface area (Å²) in [6, 6.07) is 0. The first-order valence-corrected chi connectivity index (χ1v) is 9.89. The van der Waals surface area contributed by atoms with Crippen LogP contribution in [-0.4, -0.2) is 75.0 Å². The molecule has 0 atom stereocenters. The highest BCUT2D eigenvalue weighted by Crippen LogP contribution is 2.29. The minimum absolute atomic E-state index is 0.369. The van der Waals surface area contributed by atoms with E-state index in [1.165, 1.54) is 0 Å². The Labute approximate surface area is 160 Å². The SMILES string of the molecule is CC1(C)OCCNCCOC(C)(C)C(C)(C)OCCNCCOC1(C)C. The quantitative estimate of drug-likeness (QED) is 0.679. The molecule has 0 aromatic carbocycles. The molecule has 1 aliphatic rings. The Morgan fingerprint density at radius 1 is 0.423 bits per heavy atom. The van der Waals surface area contributed by atoms with Crippen molar-refractivity contribution in [3.63, 3.8) is 0 Å². The number of rotatable bonds is 0. The van der Waals surface area contributed by atoms with Gasteiger partial charge in [0.15, 0.2) is 0 Å². The highest BCUT2D eigenvalue weighted by atomic mass is 16.6. The summed E-state index contributed by atoms with van der Waals surface area (Å²) in [5, 5.41) is 6.76. The van der Waals surface area contributed by atoms with Gasteiger partial charge in [0.05, 0.1) is 48.8 Å². The normalized spacial score (nSPS) is 28.6. The standard InChI is InChI=1S/C20H42N2O4/c1-17(2)18(3,4)24-14-10-22-12-16-26-20(7,8)19(5,6)25-15-11-21-9-13-23-17/h21-22H,9-16H2,1-8H3. The summed E-state index contributed by atoms with van der Waals surface area (Å²) >= 11 is 0. The zero-order valence-electron chi connectivity index (χ0n) is 18.3. The van der Waals surface area contributed by atoms with Crippen molar-refractivity contribution < 1.29 is 18.9 Å². The molecule has 6 heteroatoms. The lowest BCUT2D eigenvalue weighted by Crippen LogP contribution is -2.52. The first-order chi connectivity index (χ1) is 11.9. The fourth-order valence-electron chi connectivity index (χ4n) is 2.46. The summed E-state index contributed by atoms with van der Waals surface area (Å²) in [5.41, 5.74) is -1.48. The summed E-state index contributed by atoms with van der Waals surface area (Å²) in [6.45, 7) is 22.3. The van der Waals surface area contributed by atoms with Gasteiger partial charge in [0.25, 0.3) is 0 Å². The van der Waals surface area contributed by atoms with Gasteiger partial charge in [-0.3, -0.25) is 0 Å². The summed E-state index contributed by atoms with van der Waals surface area (Å²) < 4.78 is 24.4. The lowest BCUT2D eigenvalue weighted by Gasteiger charge is -2.42. The molecule has 1 fully saturated rings. The van der Waals surface area contributed by atoms with Crippen LogP contribution in [0.5, 0.6) is 0 Å². The zero-order valence-corrected chi connectivity index (χ0v) is 18.3. The van der Waals surface area contributed by atoms with Crippen molar-refractivity contribution in [2.24, 2.45) is 0 Å². The Morgan fingerprint density at radius 3 is 0.808 bits per heavy atom. The monoisotopic (exact) mass is 374 g/mol. The van der Waals surface area contributed by atoms with Crippen molar-refractivity contribution in [1.29, 1.82) is 0 Å². The molecule has 0 unspecified atom stereocenters. The van der Waals surface area contributed by atoms with E-state index >= 15 is 0 Å².